The summed E-state index contributed by atoms with van der Waals surface area (Å²) < 4.78 is 11.0. The summed E-state index contributed by atoms with van der Waals surface area (Å²) in [5.74, 6) is 1.09. The van der Waals surface area contributed by atoms with Crippen LogP contribution < -0.4 is 15.5 Å². The van der Waals surface area contributed by atoms with Gasteiger partial charge < -0.3 is 25.0 Å². The Balaban J connectivity index is 1.82. The van der Waals surface area contributed by atoms with E-state index in [1.54, 1.807) is 0 Å². The van der Waals surface area contributed by atoms with Crippen molar-refractivity contribution in [3.63, 3.8) is 0 Å². The number of rotatable bonds is 3. The van der Waals surface area contributed by atoms with Crippen molar-refractivity contribution in [1.82, 2.24) is 9.97 Å². The second-order valence-electron chi connectivity index (χ2n) is 8.17. The molecule has 0 bridgehead atoms. The van der Waals surface area contributed by atoms with E-state index in [0.717, 1.165) is 55.1 Å². The smallest absolute Gasteiger partial charge is 0.351 e. The molecule has 152 valence electrons. The number of fused-ring (bicyclic) bond motifs is 1. The van der Waals surface area contributed by atoms with Crippen LogP contribution in [0.15, 0.2) is 0 Å². The van der Waals surface area contributed by atoms with E-state index in [9.17, 15) is 4.79 Å². The van der Waals surface area contributed by atoms with Crippen LogP contribution in [0.1, 0.15) is 43.3 Å². The fourth-order valence-corrected chi connectivity index (χ4v) is 4.49. The molecule has 0 unspecified atom stereocenters. The van der Waals surface area contributed by atoms with Gasteiger partial charge in [-0.05, 0) is 33.6 Å². The van der Waals surface area contributed by atoms with Crippen LogP contribution in [-0.2, 0) is 9.47 Å². The number of ether oxygens (including phenoxy) is 2. The van der Waals surface area contributed by atoms with Crippen LogP contribution in [0.4, 0.5) is 17.5 Å². The van der Waals surface area contributed by atoms with E-state index in [1.807, 2.05) is 20.8 Å². The first-order chi connectivity index (χ1) is 13.3. The molecular weight excluding hydrogens is 378 g/mol. The molecule has 2 N–H and O–H groups in total. The number of hydrogen-bond donors (Lipinski definition) is 1. The van der Waals surface area contributed by atoms with Gasteiger partial charge in [-0.25, -0.2) is 9.78 Å². The summed E-state index contributed by atoms with van der Waals surface area (Å²) in [6.07, 6.45) is 2.29. The third-order valence-corrected chi connectivity index (χ3v) is 5.92. The zero-order chi connectivity index (χ0) is 19.9. The number of thiophene rings is 1. The second-order valence-corrected chi connectivity index (χ2v) is 9.17. The summed E-state index contributed by atoms with van der Waals surface area (Å²) in [6.45, 7) is 10.2. The van der Waals surface area contributed by atoms with E-state index < -0.39 is 11.6 Å². The Morgan fingerprint density at radius 3 is 2.43 bits per heavy atom. The van der Waals surface area contributed by atoms with Crippen LogP contribution in [0.3, 0.4) is 0 Å². The molecule has 4 rings (SSSR count). The molecule has 2 fully saturated rings. The molecule has 2 aliphatic rings. The Bertz CT molecular complexity index is 880. The fraction of sp³-hybridized carbons (Fsp3) is 0.632. The highest BCUT2D eigenvalue weighted by Crippen LogP contribution is 2.40. The SMILES string of the molecule is CC(C)(C)OC(=O)c1sc2nc(N3CCCC3)nc(N3CCOCC3)c2c1N. The Morgan fingerprint density at radius 1 is 1.11 bits per heavy atom. The standard InChI is InChI=1S/C19H27N5O3S/c1-19(2,3)27-17(25)14-13(20)12-15(23-8-10-26-11-9-23)21-18(22-16(12)28-14)24-6-4-5-7-24/h4-11,20H2,1-3H3. The first-order valence-corrected chi connectivity index (χ1v) is 10.6. The normalized spacial score (nSPS) is 18.1. The van der Waals surface area contributed by atoms with Crippen molar-refractivity contribution in [2.75, 3.05) is 54.9 Å². The molecule has 0 aliphatic carbocycles. The van der Waals surface area contributed by atoms with Crippen molar-refractivity contribution in [3.05, 3.63) is 4.88 Å². The molecule has 0 aromatic carbocycles. The third kappa shape index (κ3) is 3.73. The Labute approximate surface area is 168 Å². The first-order valence-electron chi connectivity index (χ1n) is 9.74. The maximum Gasteiger partial charge on any atom is 0.351 e. The van der Waals surface area contributed by atoms with Gasteiger partial charge in [0.15, 0.2) is 0 Å². The minimum atomic E-state index is -0.584. The highest BCUT2D eigenvalue weighted by atomic mass is 32.1. The van der Waals surface area contributed by atoms with Crippen molar-refractivity contribution in [1.29, 1.82) is 0 Å². The minimum absolute atomic E-state index is 0.396. The summed E-state index contributed by atoms with van der Waals surface area (Å²) in [7, 11) is 0. The summed E-state index contributed by atoms with van der Waals surface area (Å²) >= 11 is 1.29. The van der Waals surface area contributed by atoms with Gasteiger partial charge in [0.25, 0.3) is 0 Å². The quantitative estimate of drug-likeness (QED) is 0.779. The van der Waals surface area contributed by atoms with E-state index in [1.165, 1.54) is 11.3 Å². The average Bonchev–Trinajstić information content (AvgIpc) is 3.29. The van der Waals surface area contributed by atoms with Gasteiger partial charge in [-0.3, -0.25) is 0 Å². The van der Waals surface area contributed by atoms with Gasteiger partial charge in [0, 0.05) is 26.2 Å². The van der Waals surface area contributed by atoms with Gasteiger partial charge >= 0.3 is 5.97 Å². The Kier molecular flexibility index (Phi) is 5.05. The predicted octanol–water partition coefficient (Wildman–Crippen LogP) is 2.67. The van der Waals surface area contributed by atoms with Gasteiger partial charge in [-0.2, -0.15) is 4.98 Å². The molecule has 2 saturated heterocycles. The molecule has 2 aliphatic heterocycles. The highest BCUT2D eigenvalue weighted by Gasteiger charge is 2.29. The number of hydrogen-bond acceptors (Lipinski definition) is 9. The first kappa shape index (κ1) is 19.2. The fourth-order valence-electron chi connectivity index (χ4n) is 3.53. The number of aromatic nitrogens is 2. The van der Waals surface area contributed by atoms with Gasteiger partial charge in [0.1, 0.15) is 21.1 Å². The molecule has 2 aromatic rings. The second kappa shape index (κ2) is 7.36. The molecule has 28 heavy (non-hydrogen) atoms. The zero-order valence-corrected chi connectivity index (χ0v) is 17.5. The topological polar surface area (TPSA) is 93.8 Å². The van der Waals surface area contributed by atoms with Crippen LogP contribution in [0, 0.1) is 0 Å². The van der Waals surface area contributed by atoms with E-state index in [2.05, 4.69) is 9.80 Å². The molecule has 0 saturated carbocycles. The maximum atomic E-state index is 12.7. The molecule has 0 atom stereocenters. The zero-order valence-electron chi connectivity index (χ0n) is 16.7. The lowest BCUT2D eigenvalue weighted by Gasteiger charge is -2.29. The lowest BCUT2D eigenvalue weighted by atomic mass is 10.2. The molecule has 0 amide bonds. The largest absolute Gasteiger partial charge is 0.456 e. The van der Waals surface area contributed by atoms with Crippen LogP contribution in [0.2, 0.25) is 0 Å². The minimum Gasteiger partial charge on any atom is -0.456 e. The maximum absolute atomic E-state index is 12.7. The lowest BCUT2D eigenvalue weighted by molar-refractivity contribution is 0.00764. The highest BCUT2D eigenvalue weighted by molar-refractivity contribution is 7.21. The van der Waals surface area contributed by atoms with E-state index in [-0.39, 0.29) is 0 Å². The number of nitrogen functional groups attached to an aromatic ring is 1. The number of carbonyl (C=O) groups is 1. The average molecular weight is 406 g/mol. The summed E-state index contributed by atoms with van der Waals surface area (Å²) in [6, 6.07) is 0. The van der Waals surface area contributed by atoms with E-state index in [0.29, 0.717) is 29.7 Å². The van der Waals surface area contributed by atoms with Crippen LogP contribution in [0.25, 0.3) is 10.2 Å². The van der Waals surface area contributed by atoms with Gasteiger partial charge in [0.2, 0.25) is 5.95 Å². The lowest BCUT2D eigenvalue weighted by Crippen LogP contribution is -2.37. The molecule has 0 spiro atoms. The van der Waals surface area contributed by atoms with Crippen molar-refractivity contribution in [2.45, 2.75) is 39.2 Å². The number of anilines is 3. The molecular formula is C19H27N5O3S. The molecule has 8 nitrogen and oxygen atoms in total. The van der Waals surface area contributed by atoms with Crippen molar-refractivity contribution in [3.8, 4) is 0 Å². The van der Waals surface area contributed by atoms with E-state index in [4.69, 9.17) is 25.2 Å². The van der Waals surface area contributed by atoms with Crippen molar-refractivity contribution in [2.24, 2.45) is 0 Å². The summed E-state index contributed by atoms with van der Waals surface area (Å²) in [4.78, 5) is 27.8. The van der Waals surface area contributed by atoms with Crippen LogP contribution >= 0.6 is 11.3 Å². The Morgan fingerprint density at radius 2 is 1.79 bits per heavy atom. The van der Waals surface area contributed by atoms with Gasteiger partial charge in [0.05, 0.1) is 24.3 Å². The third-order valence-electron chi connectivity index (χ3n) is 4.84. The summed E-state index contributed by atoms with van der Waals surface area (Å²) in [5.41, 5.74) is 6.25. The molecule has 0 radical (unpaired) electrons. The number of nitrogens with zero attached hydrogens (tertiary/aromatic N) is 4. The molecule has 2 aromatic heterocycles. The van der Waals surface area contributed by atoms with E-state index >= 15 is 0 Å². The number of carbonyl (C=O) groups excluding carboxylic acids is 1. The Hall–Kier alpha value is -2.13. The number of nitrogens with two attached hydrogens (primary N) is 1. The van der Waals surface area contributed by atoms with Crippen LogP contribution in [0.5, 0.6) is 0 Å². The predicted molar refractivity (Wildman–Crippen MR) is 111 cm³/mol. The monoisotopic (exact) mass is 405 g/mol. The summed E-state index contributed by atoms with van der Waals surface area (Å²) in [5, 5.41) is 0.746. The van der Waals surface area contributed by atoms with Gasteiger partial charge in [-0.1, -0.05) is 0 Å². The molecule has 4 heterocycles. The van der Waals surface area contributed by atoms with Crippen molar-refractivity contribution >= 4 is 45.0 Å². The number of esters is 1. The van der Waals surface area contributed by atoms with Gasteiger partial charge in [-0.15, -0.1) is 11.3 Å². The number of morpholine rings is 1. The molecule has 9 heteroatoms. The van der Waals surface area contributed by atoms with Crippen molar-refractivity contribution < 1.29 is 14.3 Å². The van der Waals surface area contributed by atoms with Crippen LogP contribution in [-0.4, -0.2) is 60.9 Å².